The lowest BCUT2D eigenvalue weighted by Crippen LogP contribution is -2.10. The number of pyridine rings is 3. The first-order valence-electron chi connectivity index (χ1n) is 12.3. The largest absolute Gasteiger partial charge is 0.491 e. The monoisotopic (exact) mass is 525 g/mol. The molecule has 0 radical (unpaired) electrons. The lowest BCUT2D eigenvalue weighted by Gasteiger charge is -2.05. The Hall–Kier alpha value is -5.83. The van der Waals surface area contributed by atoms with E-state index < -0.39 is 11.8 Å². The topological polar surface area (TPSA) is 129 Å². The van der Waals surface area contributed by atoms with Crippen LogP contribution in [0.3, 0.4) is 0 Å². The fraction of sp³-hybridized carbons (Fsp3) is 0. The smallest absolute Gasteiger partial charge is 0.257 e. The SMILES string of the molecule is OC(=N/N=C(/c1ccccc1)c1ccccn1)c1cccc(C(O)=N/N=C(/c2ccccc2)c2ccccn2)n1. The number of hydrogen-bond acceptors (Lipinski definition) is 7. The van der Waals surface area contributed by atoms with Gasteiger partial charge in [-0.3, -0.25) is 9.97 Å². The van der Waals surface area contributed by atoms with Gasteiger partial charge in [0.15, 0.2) is 0 Å². The van der Waals surface area contributed by atoms with Gasteiger partial charge >= 0.3 is 0 Å². The third-order valence-electron chi connectivity index (χ3n) is 5.61. The van der Waals surface area contributed by atoms with Crippen LogP contribution in [0.4, 0.5) is 0 Å². The molecule has 0 saturated carbocycles. The molecule has 3 aromatic heterocycles. The van der Waals surface area contributed by atoms with E-state index >= 15 is 0 Å². The van der Waals surface area contributed by atoms with Crippen molar-refractivity contribution < 1.29 is 10.2 Å². The normalized spacial score (nSPS) is 12.8. The van der Waals surface area contributed by atoms with Crippen LogP contribution in [0, 0.1) is 0 Å². The number of rotatable bonds is 8. The Labute approximate surface area is 230 Å². The molecule has 194 valence electrons. The fourth-order valence-electron chi connectivity index (χ4n) is 3.69. The summed E-state index contributed by atoms with van der Waals surface area (Å²) in [4.78, 5) is 13.0. The van der Waals surface area contributed by atoms with Gasteiger partial charge in [0.05, 0.1) is 11.4 Å². The molecule has 2 aromatic carbocycles. The van der Waals surface area contributed by atoms with E-state index in [0.29, 0.717) is 22.8 Å². The van der Waals surface area contributed by atoms with Crippen molar-refractivity contribution in [3.8, 4) is 0 Å². The number of aliphatic hydroxyl groups excluding tert-OH is 2. The van der Waals surface area contributed by atoms with Crippen molar-refractivity contribution in [1.29, 1.82) is 0 Å². The number of hydrogen-bond donors (Lipinski definition) is 2. The van der Waals surface area contributed by atoms with Gasteiger partial charge in [-0.15, -0.1) is 20.4 Å². The van der Waals surface area contributed by atoms with Crippen LogP contribution in [0.1, 0.15) is 33.9 Å². The van der Waals surface area contributed by atoms with Crippen LogP contribution in [0.2, 0.25) is 0 Å². The number of benzene rings is 2. The molecule has 0 saturated heterocycles. The standard InChI is InChI=1S/C31H23N7O2/c39-30(37-35-28(22-12-3-1-4-13-22)24-16-7-9-20-32-24)26-18-11-19-27(34-26)31(40)38-36-29(23-14-5-2-6-15-23)25-17-8-10-21-33-25/h1-21H,(H,37,39)(H,38,40)/b35-28-,36-29-. The van der Waals surface area contributed by atoms with Crippen LogP contribution in [-0.2, 0) is 0 Å². The van der Waals surface area contributed by atoms with Crippen molar-refractivity contribution in [2.75, 3.05) is 0 Å². The number of aliphatic hydroxyl groups is 2. The molecule has 3 heterocycles. The fourth-order valence-corrected chi connectivity index (χ4v) is 3.69. The average molecular weight is 526 g/mol. The van der Waals surface area contributed by atoms with Crippen molar-refractivity contribution in [2.24, 2.45) is 20.4 Å². The molecule has 5 rings (SSSR count). The molecule has 2 N–H and O–H groups in total. The Kier molecular flexibility index (Phi) is 8.14. The maximum absolute atomic E-state index is 10.7. The van der Waals surface area contributed by atoms with E-state index in [1.165, 1.54) is 0 Å². The molecular weight excluding hydrogens is 502 g/mol. The minimum absolute atomic E-state index is 0.0911. The molecular formula is C31H23N7O2. The molecule has 5 aromatic rings. The van der Waals surface area contributed by atoms with Crippen LogP contribution in [0.5, 0.6) is 0 Å². The van der Waals surface area contributed by atoms with Crippen molar-refractivity contribution in [1.82, 2.24) is 15.0 Å². The summed E-state index contributed by atoms with van der Waals surface area (Å²) in [6, 6.07) is 34.4. The van der Waals surface area contributed by atoms with Crippen LogP contribution < -0.4 is 0 Å². The third-order valence-corrected chi connectivity index (χ3v) is 5.61. The van der Waals surface area contributed by atoms with Crippen molar-refractivity contribution in [3.05, 3.63) is 162 Å². The highest BCUT2D eigenvalue weighted by molar-refractivity contribution is 6.12. The molecule has 0 aliphatic carbocycles. The first-order valence-corrected chi connectivity index (χ1v) is 12.3. The van der Waals surface area contributed by atoms with Gasteiger partial charge in [-0.05, 0) is 36.4 Å². The van der Waals surface area contributed by atoms with E-state index in [0.717, 1.165) is 11.1 Å². The molecule has 0 bridgehead atoms. The molecule has 0 amide bonds. The van der Waals surface area contributed by atoms with E-state index in [4.69, 9.17) is 0 Å². The highest BCUT2D eigenvalue weighted by Gasteiger charge is 2.12. The summed E-state index contributed by atoms with van der Waals surface area (Å²) in [5, 5.41) is 37.9. The lowest BCUT2D eigenvalue weighted by atomic mass is 10.1. The van der Waals surface area contributed by atoms with Gasteiger partial charge in [-0.1, -0.05) is 78.9 Å². The summed E-state index contributed by atoms with van der Waals surface area (Å²) in [5.41, 5.74) is 3.89. The lowest BCUT2D eigenvalue weighted by molar-refractivity contribution is 0.543. The Morgan fingerprint density at radius 2 is 0.825 bits per heavy atom. The Bertz CT molecular complexity index is 1480. The van der Waals surface area contributed by atoms with Crippen molar-refractivity contribution in [2.45, 2.75) is 0 Å². The minimum Gasteiger partial charge on any atom is -0.491 e. The zero-order valence-corrected chi connectivity index (χ0v) is 21.1. The van der Waals surface area contributed by atoms with Gasteiger partial charge in [-0.2, -0.15) is 0 Å². The molecule has 40 heavy (non-hydrogen) atoms. The highest BCUT2D eigenvalue weighted by atomic mass is 16.3. The number of aromatic nitrogens is 3. The summed E-state index contributed by atoms with van der Waals surface area (Å²) < 4.78 is 0. The van der Waals surface area contributed by atoms with E-state index in [1.54, 1.807) is 54.9 Å². The molecule has 0 spiro atoms. The Morgan fingerprint density at radius 1 is 0.425 bits per heavy atom. The summed E-state index contributed by atoms with van der Waals surface area (Å²) in [6.07, 6.45) is 3.31. The summed E-state index contributed by atoms with van der Waals surface area (Å²) in [7, 11) is 0. The second kappa shape index (κ2) is 12.6. The Morgan fingerprint density at radius 3 is 1.23 bits per heavy atom. The third kappa shape index (κ3) is 6.35. The molecule has 0 aliphatic heterocycles. The molecule has 9 heteroatoms. The molecule has 9 nitrogen and oxygen atoms in total. The molecule has 0 aliphatic rings. The molecule has 0 atom stereocenters. The quantitative estimate of drug-likeness (QED) is 0.160. The van der Waals surface area contributed by atoms with Gasteiger partial charge in [0.2, 0.25) is 0 Å². The van der Waals surface area contributed by atoms with Gasteiger partial charge in [0, 0.05) is 23.5 Å². The maximum atomic E-state index is 10.7. The Balaban J connectivity index is 1.46. The molecule has 0 fully saturated rings. The molecule has 0 unspecified atom stereocenters. The van der Waals surface area contributed by atoms with Gasteiger partial charge < -0.3 is 10.2 Å². The predicted octanol–water partition coefficient (Wildman–Crippen LogP) is 5.39. The van der Waals surface area contributed by atoms with Gasteiger partial charge in [-0.25, -0.2) is 4.98 Å². The maximum Gasteiger partial charge on any atom is 0.257 e. The van der Waals surface area contributed by atoms with Crippen LogP contribution in [-0.4, -0.2) is 48.4 Å². The van der Waals surface area contributed by atoms with Crippen LogP contribution >= 0.6 is 0 Å². The minimum atomic E-state index is -0.444. The van der Waals surface area contributed by atoms with E-state index in [9.17, 15) is 10.2 Å². The summed E-state index contributed by atoms with van der Waals surface area (Å²) >= 11 is 0. The van der Waals surface area contributed by atoms with Crippen LogP contribution in [0.25, 0.3) is 0 Å². The average Bonchev–Trinajstić information content (AvgIpc) is 3.03. The van der Waals surface area contributed by atoms with Crippen molar-refractivity contribution >= 4 is 23.2 Å². The van der Waals surface area contributed by atoms with Crippen LogP contribution in [0.15, 0.2) is 148 Å². The summed E-state index contributed by atoms with van der Waals surface area (Å²) in [5.74, 6) is -0.887. The summed E-state index contributed by atoms with van der Waals surface area (Å²) in [6.45, 7) is 0. The highest BCUT2D eigenvalue weighted by Crippen LogP contribution is 2.12. The number of nitrogens with zero attached hydrogens (tertiary/aromatic N) is 7. The van der Waals surface area contributed by atoms with E-state index in [-0.39, 0.29) is 11.4 Å². The zero-order chi connectivity index (χ0) is 27.6. The first-order chi connectivity index (χ1) is 19.7. The second-order valence-electron chi connectivity index (χ2n) is 8.31. The second-order valence-corrected chi connectivity index (χ2v) is 8.31. The first kappa shape index (κ1) is 25.8. The van der Waals surface area contributed by atoms with E-state index in [2.05, 4.69) is 35.4 Å². The van der Waals surface area contributed by atoms with Gasteiger partial charge in [0.1, 0.15) is 22.8 Å². The zero-order valence-electron chi connectivity index (χ0n) is 21.1. The van der Waals surface area contributed by atoms with E-state index in [1.807, 2.05) is 72.8 Å². The van der Waals surface area contributed by atoms with Crippen molar-refractivity contribution in [3.63, 3.8) is 0 Å². The van der Waals surface area contributed by atoms with Gasteiger partial charge in [0.25, 0.3) is 11.8 Å². The predicted molar refractivity (Wildman–Crippen MR) is 155 cm³/mol.